The van der Waals surface area contributed by atoms with E-state index in [-0.39, 0.29) is 5.78 Å². The molecule has 0 radical (unpaired) electrons. The van der Waals surface area contributed by atoms with Gasteiger partial charge < -0.3 is 41.5 Å². The SMILES string of the molecule is CCN.CCN(CC)CC.CCN(COC)C[Si](C)(C)C.CCN1CC2CCC(=O)C2C1.CCN1C[C@@H]2CC[C@@H](N)[C@@H]2C1.CCN1C[C@@H]2CC[C@H](N)[C@@H]2C1.C[Si](C)(C)CCl.O=C1C=CCC1. The van der Waals surface area contributed by atoms with Crippen LogP contribution in [0.5, 0.6) is 0 Å². The summed E-state index contributed by atoms with van der Waals surface area (Å²) in [5.74, 6) is 5.44. The van der Waals surface area contributed by atoms with Crippen LogP contribution in [0.15, 0.2) is 12.2 Å². The zero-order chi connectivity index (χ0) is 50.5. The van der Waals surface area contributed by atoms with Crippen molar-refractivity contribution in [3.8, 4) is 0 Å². The number of rotatable bonds is 12. The summed E-state index contributed by atoms with van der Waals surface area (Å²) in [4.78, 5) is 33.6. The van der Waals surface area contributed by atoms with Gasteiger partial charge in [-0.05, 0) is 133 Å². The van der Waals surface area contributed by atoms with Crippen molar-refractivity contribution in [3.05, 3.63) is 12.2 Å². The Balaban J connectivity index is 0.000000750. The smallest absolute Gasteiger partial charge is 0.155 e. The molecule has 8 atom stereocenters. The number of nitrogens with zero attached hydrogens (tertiary/aromatic N) is 5. The summed E-state index contributed by atoms with van der Waals surface area (Å²) in [6.45, 7) is 48.3. The molecule has 392 valence electrons. The lowest BCUT2D eigenvalue weighted by Gasteiger charge is -2.26. The first-order valence-electron chi connectivity index (χ1n) is 26.7. The number of alkyl halides is 1. The van der Waals surface area contributed by atoms with E-state index < -0.39 is 16.1 Å². The highest BCUT2D eigenvalue weighted by molar-refractivity contribution is 6.82. The highest BCUT2D eigenvalue weighted by Gasteiger charge is 2.42. The van der Waals surface area contributed by atoms with Gasteiger partial charge in [0.2, 0.25) is 0 Å². The second-order valence-corrected chi connectivity index (χ2v) is 33.6. The molecule has 7 rings (SSSR count). The molecule has 6 N–H and O–H groups in total. The number of allylic oxidation sites excluding steroid dienone is 2. The van der Waals surface area contributed by atoms with Crippen molar-refractivity contribution in [1.29, 1.82) is 0 Å². The highest BCUT2D eigenvalue weighted by Crippen LogP contribution is 2.38. The van der Waals surface area contributed by atoms with Gasteiger partial charge in [-0.2, -0.15) is 0 Å². The minimum Gasteiger partial charge on any atom is -0.369 e. The summed E-state index contributed by atoms with van der Waals surface area (Å²) in [7, 11) is -0.0415. The van der Waals surface area contributed by atoms with E-state index in [1.807, 2.05) is 13.0 Å². The summed E-state index contributed by atoms with van der Waals surface area (Å²) >= 11 is 5.54. The number of methoxy groups -OCH3 is 1. The maximum atomic E-state index is 11.3. The second kappa shape index (κ2) is 36.4. The van der Waals surface area contributed by atoms with Gasteiger partial charge in [0.15, 0.2) is 5.78 Å². The first-order chi connectivity index (χ1) is 31.1. The highest BCUT2D eigenvalue weighted by atomic mass is 35.5. The molecule has 4 aliphatic carbocycles. The standard InChI is InChI=1S/2C9H18N2.C9H15NO.C8H21NOSi.C6H15N.C5H6O.C4H11ClSi.C2H7N/c2*1-2-11-5-7-3-4-9(10)8(7)6-11;1-2-10-5-7-3-4-9(11)8(7)6-10;1-6-9(7-10-2)8-11(3,4)5;1-4-7(5-2)6-3;6-5-3-1-2-4-5;1-6(2,3)4-5;1-2-3/h2*7-9H,2-6,10H2,1H3;7-8H,2-6H2,1H3;6-8H2,1-5H3;4-6H2,1-3H3;1,3H,2,4H2;4H2,1-3H3;2-3H2,1H3/t7-,8+,9+;7-,8+,9-;;;;;;/m00....../s1. The van der Waals surface area contributed by atoms with E-state index in [9.17, 15) is 9.59 Å². The van der Waals surface area contributed by atoms with E-state index in [4.69, 9.17) is 33.5 Å². The Kier molecular flexibility index (Phi) is 36.1. The van der Waals surface area contributed by atoms with Crippen LogP contribution < -0.4 is 17.2 Å². The molecule has 11 nitrogen and oxygen atoms in total. The topological polar surface area (TPSA) is 138 Å². The maximum Gasteiger partial charge on any atom is 0.155 e. The van der Waals surface area contributed by atoms with Gasteiger partial charge in [-0.15, -0.1) is 11.6 Å². The number of ketones is 2. The second-order valence-electron chi connectivity index (χ2n) is 22.0. The van der Waals surface area contributed by atoms with E-state index in [0.717, 1.165) is 87.8 Å². The summed E-state index contributed by atoms with van der Waals surface area (Å²) in [6, 6.07) is 1.02. The van der Waals surface area contributed by atoms with Gasteiger partial charge in [-0.25, -0.2) is 0 Å². The Morgan fingerprint density at radius 2 is 1.06 bits per heavy atom. The average molecular weight is 988 g/mol. The minimum absolute atomic E-state index is 0.273. The molecule has 0 amide bonds. The fraction of sp³-hybridized carbons (Fsp3) is 0.923. The number of hydrogen-bond donors (Lipinski definition) is 3. The fourth-order valence-electron chi connectivity index (χ4n) is 10.0. The minimum atomic E-state index is -0.933. The summed E-state index contributed by atoms with van der Waals surface area (Å²) in [5, 5.41) is 0. The van der Waals surface area contributed by atoms with Crippen LogP contribution in [0.25, 0.3) is 0 Å². The van der Waals surface area contributed by atoms with Gasteiger partial charge in [0, 0.05) is 82.7 Å². The third-order valence-electron chi connectivity index (χ3n) is 14.1. The molecule has 3 heterocycles. The third-order valence-corrected chi connectivity index (χ3v) is 18.7. The van der Waals surface area contributed by atoms with E-state index in [1.165, 1.54) is 97.3 Å². The van der Waals surface area contributed by atoms with Crippen LogP contribution in [-0.4, -0.2) is 181 Å². The fourth-order valence-corrected chi connectivity index (χ4v) is 11.7. The molecule has 2 unspecified atom stereocenters. The lowest BCUT2D eigenvalue weighted by atomic mass is 9.98. The van der Waals surface area contributed by atoms with Crippen LogP contribution in [0.1, 0.15) is 107 Å². The summed E-state index contributed by atoms with van der Waals surface area (Å²) in [5.41, 5.74) is 17.7. The van der Waals surface area contributed by atoms with Crippen molar-refractivity contribution >= 4 is 39.3 Å². The Labute approximate surface area is 416 Å². The third kappa shape index (κ3) is 27.7. The van der Waals surface area contributed by atoms with E-state index in [2.05, 4.69) is 112 Å². The van der Waals surface area contributed by atoms with Gasteiger partial charge in [0.1, 0.15) is 5.78 Å². The predicted molar refractivity (Wildman–Crippen MR) is 294 cm³/mol. The quantitative estimate of drug-likeness (QED) is 0.0989. The van der Waals surface area contributed by atoms with Crippen molar-refractivity contribution in [3.63, 3.8) is 0 Å². The molecule has 14 heteroatoms. The zero-order valence-electron chi connectivity index (χ0n) is 46.0. The molecule has 0 bridgehead atoms. The van der Waals surface area contributed by atoms with E-state index in [0.29, 0.717) is 29.7 Å². The predicted octanol–water partition coefficient (Wildman–Crippen LogP) is 8.38. The van der Waals surface area contributed by atoms with Crippen LogP contribution in [0, 0.1) is 35.5 Å². The van der Waals surface area contributed by atoms with Crippen molar-refractivity contribution in [2.24, 2.45) is 52.7 Å². The summed E-state index contributed by atoms with van der Waals surface area (Å²) < 4.78 is 5.09. The number of nitrogens with two attached hydrogens (primary N) is 3. The Morgan fingerprint density at radius 1 is 0.636 bits per heavy atom. The van der Waals surface area contributed by atoms with E-state index in [1.54, 1.807) is 13.2 Å². The lowest BCUT2D eigenvalue weighted by Crippen LogP contribution is -2.40. The molecular weight excluding hydrogens is 876 g/mol. The Morgan fingerprint density at radius 3 is 1.33 bits per heavy atom. The number of Topliss-reactive ketones (excluding diaryl/α,β-unsaturated/α-hetero) is 1. The van der Waals surface area contributed by atoms with Crippen molar-refractivity contribution in [2.45, 2.75) is 158 Å². The normalized spacial score (nSPS) is 27.6. The van der Waals surface area contributed by atoms with E-state index >= 15 is 0 Å². The number of ether oxygens (including phenoxy) is 1. The average Bonchev–Trinajstić information content (AvgIpc) is 4.16. The van der Waals surface area contributed by atoms with Gasteiger partial charge >= 0.3 is 0 Å². The molecule has 66 heavy (non-hydrogen) atoms. The maximum absolute atomic E-state index is 11.3. The van der Waals surface area contributed by atoms with Crippen LogP contribution >= 0.6 is 11.6 Å². The molecule has 0 spiro atoms. The largest absolute Gasteiger partial charge is 0.369 e. The van der Waals surface area contributed by atoms with Gasteiger partial charge in [-0.1, -0.05) is 101 Å². The molecular formula is C52H111ClN8O3Si2. The van der Waals surface area contributed by atoms with Gasteiger partial charge in [0.25, 0.3) is 0 Å². The lowest BCUT2D eigenvalue weighted by molar-refractivity contribution is -0.120. The number of likely N-dealkylation sites (tertiary alicyclic amines) is 3. The van der Waals surface area contributed by atoms with Crippen molar-refractivity contribution in [1.82, 2.24) is 24.5 Å². The van der Waals surface area contributed by atoms with Crippen molar-refractivity contribution in [2.75, 3.05) is 117 Å². The van der Waals surface area contributed by atoms with Crippen LogP contribution in [-0.2, 0) is 14.3 Å². The summed E-state index contributed by atoms with van der Waals surface area (Å²) in [6.07, 6.45) is 13.8. The molecule has 3 saturated heterocycles. The number of hydrogen-bond acceptors (Lipinski definition) is 11. The van der Waals surface area contributed by atoms with Gasteiger partial charge in [0.05, 0.1) is 22.9 Å². The number of carbonyl (C=O) groups excluding carboxylic acids is 2. The molecule has 7 aliphatic rings. The van der Waals surface area contributed by atoms with Crippen LogP contribution in [0.4, 0.5) is 0 Å². The van der Waals surface area contributed by atoms with Crippen LogP contribution in [0.3, 0.4) is 0 Å². The Hall–Kier alpha value is -0.556. The van der Waals surface area contributed by atoms with Crippen LogP contribution in [0.2, 0.25) is 39.3 Å². The molecule has 0 aromatic rings. The molecule has 0 aromatic heterocycles. The number of halogens is 1. The van der Waals surface area contributed by atoms with Gasteiger partial charge in [-0.3, -0.25) is 14.5 Å². The van der Waals surface area contributed by atoms with Crippen molar-refractivity contribution < 1.29 is 14.3 Å². The zero-order valence-corrected chi connectivity index (χ0v) is 48.8. The monoisotopic (exact) mass is 987 g/mol. The first kappa shape index (κ1) is 65.4. The molecule has 6 fully saturated rings. The Bertz CT molecular complexity index is 1230. The molecule has 0 aromatic carbocycles. The number of fused-ring (bicyclic) bond motifs is 3. The number of carbonyl (C=O) groups is 2. The molecule has 3 aliphatic heterocycles. The first-order valence-corrected chi connectivity index (χ1v) is 34.7. The molecule has 3 saturated carbocycles.